The van der Waals surface area contributed by atoms with Crippen LogP contribution in [0, 0.1) is 0 Å². The van der Waals surface area contributed by atoms with Crippen molar-refractivity contribution < 1.29 is 8.42 Å². The highest BCUT2D eigenvalue weighted by Crippen LogP contribution is 2.19. The summed E-state index contributed by atoms with van der Waals surface area (Å²) in [5, 5.41) is 0. The van der Waals surface area contributed by atoms with Crippen LogP contribution in [0.2, 0.25) is 0 Å². The van der Waals surface area contributed by atoms with Gasteiger partial charge in [-0.3, -0.25) is 0 Å². The topological polar surface area (TPSA) is 77.1 Å². The molecule has 1 unspecified atom stereocenters. The Bertz CT molecular complexity index is 506. The second-order valence-electron chi connectivity index (χ2n) is 5.18. The van der Waals surface area contributed by atoms with E-state index in [9.17, 15) is 8.42 Å². The Balaban J connectivity index is 3.02. The molecule has 1 atom stereocenters. The second kappa shape index (κ2) is 6.54. The lowest BCUT2D eigenvalue weighted by molar-refractivity contribution is 0.542. The van der Waals surface area contributed by atoms with E-state index >= 15 is 0 Å². The quantitative estimate of drug-likeness (QED) is 0.805. The minimum atomic E-state index is -3.45. The number of rotatable bonds is 7. The number of aromatic nitrogens is 1. The Hall–Kier alpha value is -0.850. The molecule has 19 heavy (non-hydrogen) atoms. The first-order valence-electron chi connectivity index (χ1n) is 6.75. The molecule has 1 aromatic heterocycles. The SMILES string of the molecule is CCCC(C)NS(=O)(=O)c1cc(CN)n(C(C)C)c1. The van der Waals surface area contributed by atoms with Crippen molar-refractivity contribution in [2.75, 3.05) is 0 Å². The van der Waals surface area contributed by atoms with Gasteiger partial charge in [-0.05, 0) is 33.3 Å². The van der Waals surface area contributed by atoms with Crippen molar-refractivity contribution in [3.8, 4) is 0 Å². The van der Waals surface area contributed by atoms with E-state index in [2.05, 4.69) is 4.72 Å². The highest BCUT2D eigenvalue weighted by molar-refractivity contribution is 7.89. The molecule has 0 bridgehead atoms. The molecule has 1 rings (SSSR count). The van der Waals surface area contributed by atoms with E-state index < -0.39 is 10.0 Å². The van der Waals surface area contributed by atoms with Crippen molar-refractivity contribution in [3.63, 3.8) is 0 Å². The third-order valence-electron chi connectivity index (χ3n) is 3.06. The molecule has 0 fully saturated rings. The van der Waals surface area contributed by atoms with E-state index in [0.717, 1.165) is 18.5 Å². The highest BCUT2D eigenvalue weighted by Gasteiger charge is 2.20. The molecule has 0 amide bonds. The summed E-state index contributed by atoms with van der Waals surface area (Å²) < 4.78 is 29.1. The molecule has 0 aromatic carbocycles. The van der Waals surface area contributed by atoms with E-state index in [1.165, 1.54) is 0 Å². The monoisotopic (exact) mass is 287 g/mol. The average Bonchev–Trinajstić information content (AvgIpc) is 2.73. The smallest absolute Gasteiger partial charge is 0.242 e. The van der Waals surface area contributed by atoms with Crippen molar-refractivity contribution in [2.24, 2.45) is 5.73 Å². The van der Waals surface area contributed by atoms with Gasteiger partial charge in [0.1, 0.15) is 0 Å². The van der Waals surface area contributed by atoms with Crippen LogP contribution in [0.5, 0.6) is 0 Å². The predicted octanol–water partition coefficient (Wildman–Crippen LogP) is 1.99. The van der Waals surface area contributed by atoms with Crippen LogP contribution >= 0.6 is 0 Å². The van der Waals surface area contributed by atoms with Crippen LogP contribution in [-0.4, -0.2) is 19.0 Å². The summed E-state index contributed by atoms with van der Waals surface area (Å²) in [5.41, 5.74) is 6.49. The maximum atomic E-state index is 12.3. The minimum absolute atomic E-state index is 0.0567. The molecule has 0 aliphatic rings. The van der Waals surface area contributed by atoms with E-state index in [-0.39, 0.29) is 12.1 Å². The van der Waals surface area contributed by atoms with Crippen molar-refractivity contribution in [3.05, 3.63) is 18.0 Å². The highest BCUT2D eigenvalue weighted by atomic mass is 32.2. The zero-order chi connectivity index (χ0) is 14.6. The maximum Gasteiger partial charge on any atom is 0.242 e. The minimum Gasteiger partial charge on any atom is -0.346 e. The van der Waals surface area contributed by atoms with Gasteiger partial charge in [0.25, 0.3) is 0 Å². The first kappa shape index (κ1) is 16.2. The number of nitrogens with one attached hydrogen (secondary N) is 1. The largest absolute Gasteiger partial charge is 0.346 e. The van der Waals surface area contributed by atoms with Gasteiger partial charge in [-0.15, -0.1) is 0 Å². The Labute approximate surface area is 116 Å². The Morgan fingerprint density at radius 2 is 2.00 bits per heavy atom. The summed E-state index contributed by atoms with van der Waals surface area (Å²) >= 11 is 0. The van der Waals surface area contributed by atoms with Gasteiger partial charge in [-0.2, -0.15) is 0 Å². The van der Waals surface area contributed by atoms with E-state index in [1.54, 1.807) is 12.3 Å². The van der Waals surface area contributed by atoms with Gasteiger partial charge < -0.3 is 10.3 Å². The van der Waals surface area contributed by atoms with Crippen molar-refractivity contribution in [1.29, 1.82) is 0 Å². The standard InChI is InChI=1S/C13H25N3O2S/c1-5-6-11(4)15-19(17,18)13-7-12(8-14)16(9-13)10(2)3/h7,9-11,15H,5-6,8,14H2,1-4H3. The normalized spacial score (nSPS) is 14.0. The molecular formula is C13H25N3O2S. The van der Waals surface area contributed by atoms with Crippen LogP contribution in [-0.2, 0) is 16.6 Å². The number of nitrogens with zero attached hydrogens (tertiary/aromatic N) is 1. The van der Waals surface area contributed by atoms with Crippen LogP contribution in [0.3, 0.4) is 0 Å². The number of hydrogen-bond donors (Lipinski definition) is 2. The fourth-order valence-electron chi connectivity index (χ4n) is 2.11. The van der Waals surface area contributed by atoms with Crippen LogP contribution < -0.4 is 10.5 Å². The van der Waals surface area contributed by atoms with Crippen molar-refractivity contribution in [1.82, 2.24) is 9.29 Å². The lowest BCUT2D eigenvalue weighted by atomic mass is 10.2. The fourth-order valence-corrected chi connectivity index (χ4v) is 3.44. The molecule has 0 saturated carbocycles. The molecule has 0 radical (unpaired) electrons. The molecular weight excluding hydrogens is 262 g/mol. The summed E-state index contributed by atoms with van der Waals surface area (Å²) in [6, 6.07) is 1.79. The Kier molecular flexibility index (Phi) is 5.58. The first-order valence-corrected chi connectivity index (χ1v) is 8.23. The maximum absolute atomic E-state index is 12.3. The zero-order valence-electron chi connectivity index (χ0n) is 12.2. The van der Waals surface area contributed by atoms with Gasteiger partial charge in [0.2, 0.25) is 10.0 Å². The second-order valence-corrected chi connectivity index (χ2v) is 6.90. The third-order valence-corrected chi connectivity index (χ3v) is 4.62. The lowest BCUT2D eigenvalue weighted by Crippen LogP contribution is -2.32. The van der Waals surface area contributed by atoms with E-state index in [0.29, 0.717) is 11.4 Å². The van der Waals surface area contributed by atoms with Crippen molar-refractivity contribution >= 4 is 10.0 Å². The van der Waals surface area contributed by atoms with E-state index in [4.69, 9.17) is 5.73 Å². The summed E-state index contributed by atoms with van der Waals surface area (Å²) in [4.78, 5) is 0.296. The molecule has 1 heterocycles. The molecule has 1 aromatic rings. The van der Waals surface area contributed by atoms with Crippen LogP contribution in [0.15, 0.2) is 17.2 Å². The zero-order valence-corrected chi connectivity index (χ0v) is 13.0. The lowest BCUT2D eigenvalue weighted by Gasteiger charge is -2.12. The molecule has 0 aliphatic heterocycles. The van der Waals surface area contributed by atoms with Gasteiger partial charge in [-0.25, -0.2) is 13.1 Å². The van der Waals surface area contributed by atoms with Gasteiger partial charge in [0.15, 0.2) is 0 Å². The van der Waals surface area contributed by atoms with Gasteiger partial charge in [-0.1, -0.05) is 13.3 Å². The Morgan fingerprint density at radius 1 is 1.37 bits per heavy atom. The van der Waals surface area contributed by atoms with E-state index in [1.807, 2.05) is 32.3 Å². The van der Waals surface area contributed by atoms with Gasteiger partial charge in [0.05, 0.1) is 4.90 Å². The summed E-state index contributed by atoms with van der Waals surface area (Å²) in [7, 11) is -3.45. The molecule has 0 saturated heterocycles. The predicted molar refractivity (Wildman–Crippen MR) is 77.4 cm³/mol. The average molecular weight is 287 g/mol. The van der Waals surface area contributed by atoms with Crippen LogP contribution in [0.1, 0.15) is 52.3 Å². The Morgan fingerprint density at radius 3 is 2.42 bits per heavy atom. The number of sulfonamides is 1. The third kappa shape index (κ3) is 4.06. The molecule has 0 aliphatic carbocycles. The summed E-state index contributed by atoms with van der Waals surface area (Å²) in [6.07, 6.45) is 3.44. The summed E-state index contributed by atoms with van der Waals surface area (Å²) in [6.45, 7) is 8.25. The number of hydrogen-bond acceptors (Lipinski definition) is 3. The fraction of sp³-hybridized carbons (Fsp3) is 0.692. The van der Waals surface area contributed by atoms with Gasteiger partial charge in [0, 0.05) is 30.5 Å². The summed E-state index contributed by atoms with van der Waals surface area (Å²) in [5.74, 6) is 0. The molecule has 6 heteroatoms. The van der Waals surface area contributed by atoms with Crippen LogP contribution in [0.25, 0.3) is 0 Å². The van der Waals surface area contributed by atoms with Crippen molar-refractivity contribution in [2.45, 2.75) is 64.1 Å². The molecule has 0 spiro atoms. The van der Waals surface area contributed by atoms with Gasteiger partial charge >= 0.3 is 0 Å². The molecule has 3 N–H and O–H groups in total. The molecule has 110 valence electrons. The molecule has 5 nitrogen and oxygen atoms in total. The first-order chi connectivity index (χ1) is 8.81. The number of nitrogens with two attached hydrogens (primary N) is 1. The van der Waals surface area contributed by atoms with Crippen LogP contribution in [0.4, 0.5) is 0 Å².